The third kappa shape index (κ3) is 1.96. The zero-order valence-electron chi connectivity index (χ0n) is 11.5. The number of rotatable bonds is 1. The molecule has 106 valence electrons. The number of carboxylic acids is 1. The van der Waals surface area contributed by atoms with Crippen LogP contribution in [0.2, 0.25) is 0 Å². The summed E-state index contributed by atoms with van der Waals surface area (Å²) in [6.07, 6.45) is 3.78. The van der Waals surface area contributed by atoms with E-state index in [4.69, 9.17) is 4.74 Å². The molecule has 2 unspecified atom stereocenters. The maximum atomic E-state index is 11.9. The molecule has 0 amide bonds. The molecular formula is C15H22O4. The van der Waals surface area contributed by atoms with Gasteiger partial charge in [-0.25, -0.2) is 0 Å². The quantitative estimate of drug-likeness (QED) is 0.740. The van der Waals surface area contributed by atoms with Gasteiger partial charge in [0.2, 0.25) is 0 Å². The summed E-state index contributed by atoms with van der Waals surface area (Å²) in [6, 6.07) is 0. The van der Waals surface area contributed by atoms with E-state index in [1.54, 1.807) is 0 Å². The summed E-state index contributed by atoms with van der Waals surface area (Å²) in [5, 5.41) is 9.63. The average molecular weight is 266 g/mol. The first-order valence-electron chi connectivity index (χ1n) is 7.42. The third-order valence-electron chi connectivity index (χ3n) is 5.63. The maximum Gasteiger partial charge on any atom is 0.309 e. The first kappa shape index (κ1) is 12.9. The van der Waals surface area contributed by atoms with Gasteiger partial charge in [-0.2, -0.15) is 0 Å². The van der Waals surface area contributed by atoms with Crippen LogP contribution in [0.5, 0.6) is 0 Å². The van der Waals surface area contributed by atoms with Crippen molar-refractivity contribution in [2.75, 3.05) is 0 Å². The predicted molar refractivity (Wildman–Crippen MR) is 68.3 cm³/mol. The number of carboxylic acid groups (broad SMARTS) is 1. The minimum absolute atomic E-state index is 0.111. The van der Waals surface area contributed by atoms with Crippen LogP contribution in [0.25, 0.3) is 0 Å². The SMILES string of the molecule is C[C@@H]1CCC2C(C(=O)O)[C@@H]3[C@@H](C)OC(=O)[C@@H]3C[C@@H]2C1. The van der Waals surface area contributed by atoms with E-state index in [2.05, 4.69) is 6.92 Å². The van der Waals surface area contributed by atoms with Crippen molar-refractivity contribution in [2.45, 2.75) is 45.6 Å². The second-order valence-corrected chi connectivity index (χ2v) is 6.77. The summed E-state index contributed by atoms with van der Waals surface area (Å²) in [6.45, 7) is 4.08. The van der Waals surface area contributed by atoms with E-state index >= 15 is 0 Å². The number of cyclic esters (lactones) is 1. The second-order valence-electron chi connectivity index (χ2n) is 6.77. The fraction of sp³-hybridized carbons (Fsp3) is 0.867. The minimum atomic E-state index is -0.732. The number of hydrogen-bond acceptors (Lipinski definition) is 3. The van der Waals surface area contributed by atoms with E-state index in [1.165, 1.54) is 0 Å². The van der Waals surface area contributed by atoms with Gasteiger partial charge in [0.15, 0.2) is 0 Å². The Hall–Kier alpha value is -1.06. The molecule has 2 aliphatic carbocycles. The van der Waals surface area contributed by atoms with E-state index in [-0.39, 0.29) is 29.8 Å². The number of aliphatic carboxylic acids is 1. The van der Waals surface area contributed by atoms with Crippen molar-refractivity contribution in [3.63, 3.8) is 0 Å². The molecule has 0 radical (unpaired) electrons. The van der Waals surface area contributed by atoms with Gasteiger partial charge in [-0.3, -0.25) is 9.59 Å². The highest BCUT2D eigenvalue weighted by Crippen LogP contribution is 2.53. The molecule has 3 rings (SSSR count). The van der Waals surface area contributed by atoms with Crippen LogP contribution in [0.1, 0.15) is 39.5 Å². The van der Waals surface area contributed by atoms with Crippen molar-refractivity contribution in [3.8, 4) is 0 Å². The molecule has 7 atom stereocenters. The molecule has 0 aromatic rings. The van der Waals surface area contributed by atoms with Crippen molar-refractivity contribution < 1.29 is 19.4 Å². The number of fused-ring (bicyclic) bond motifs is 2. The van der Waals surface area contributed by atoms with Crippen LogP contribution >= 0.6 is 0 Å². The third-order valence-corrected chi connectivity index (χ3v) is 5.63. The van der Waals surface area contributed by atoms with Gasteiger partial charge in [-0.05, 0) is 43.9 Å². The molecule has 3 aliphatic rings. The summed E-state index contributed by atoms with van der Waals surface area (Å²) in [5.41, 5.74) is 0. The number of hydrogen-bond donors (Lipinski definition) is 1. The molecule has 1 aliphatic heterocycles. The van der Waals surface area contributed by atoms with Crippen LogP contribution in [0, 0.1) is 35.5 Å². The van der Waals surface area contributed by atoms with Crippen LogP contribution in [0.3, 0.4) is 0 Å². The molecule has 4 heteroatoms. The van der Waals surface area contributed by atoms with Crippen molar-refractivity contribution in [3.05, 3.63) is 0 Å². The predicted octanol–water partition coefficient (Wildman–Crippen LogP) is 2.32. The number of carbonyl (C=O) groups excluding carboxylic acids is 1. The molecule has 4 nitrogen and oxygen atoms in total. The topological polar surface area (TPSA) is 63.6 Å². The standard InChI is InChI=1S/C15H22O4/c1-7-3-4-10-9(5-7)6-11-12(13(10)14(16)17)8(2)19-15(11)18/h7-13H,3-6H2,1-2H3,(H,16,17)/t7-,8-,9+,10?,11-,12-,13?/m1/s1. The van der Waals surface area contributed by atoms with Gasteiger partial charge in [-0.1, -0.05) is 13.3 Å². The Labute approximate surface area is 113 Å². The molecule has 1 heterocycles. The molecule has 0 aromatic heterocycles. The summed E-state index contributed by atoms with van der Waals surface area (Å²) in [4.78, 5) is 23.6. The van der Waals surface area contributed by atoms with Crippen LogP contribution in [-0.4, -0.2) is 23.1 Å². The van der Waals surface area contributed by atoms with E-state index in [0.717, 1.165) is 25.7 Å². The molecular weight excluding hydrogens is 244 g/mol. The molecule has 0 spiro atoms. The highest BCUT2D eigenvalue weighted by atomic mass is 16.6. The lowest BCUT2D eigenvalue weighted by molar-refractivity contribution is -0.153. The first-order chi connectivity index (χ1) is 8.99. The van der Waals surface area contributed by atoms with Crippen LogP contribution < -0.4 is 0 Å². The van der Waals surface area contributed by atoms with Crippen molar-refractivity contribution in [1.29, 1.82) is 0 Å². The van der Waals surface area contributed by atoms with Crippen molar-refractivity contribution in [2.24, 2.45) is 35.5 Å². The lowest BCUT2D eigenvalue weighted by Gasteiger charge is -2.46. The van der Waals surface area contributed by atoms with Gasteiger partial charge in [0.25, 0.3) is 0 Å². The van der Waals surface area contributed by atoms with Crippen molar-refractivity contribution in [1.82, 2.24) is 0 Å². The minimum Gasteiger partial charge on any atom is -0.481 e. The largest absolute Gasteiger partial charge is 0.481 e. The zero-order chi connectivity index (χ0) is 13.7. The van der Waals surface area contributed by atoms with Gasteiger partial charge in [0.05, 0.1) is 11.8 Å². The van der Waals surface area contributed by atoms with Gasteiger partial charge in [-0.15, -0.1) is 0 Å². The Kier molecular flexibility index (Phi) is 3.06. The Morgan fingerprint density at radius 1 is 1.26 bits per heavy atom. The molecule has 0 bridgehead atoms. The smallest absolute Gasteiger partial charge is 0.309 e. The Balaban J connectivity index is 1.92. The monoisotopic (exact) mass is 266 g/mol. The van der Waals surface area contributed by atoms with Gasteiger partial charge in [0.1, 0.15) is 6.10 Å². The van der Waals surface area contributed by atoms with Gasteiger partial charge in [0, 0.05) is 5.92 Å². The highest BCUT2D eigenvalue weighted by molar-refractivity contribution is 5.79. The lowest BCUT2D eigenvalue weighted by Crippen LogP contribution is -2.47. The van der Waals surface area contributed by atoms with E-state index < -0.39 is 11.9 Å². The van der Waals surface area contributed by atoms with Crippen molar-refractivity contribution >= 4 is 11.9 Å². The Morgan fingerprint density at radius 3 is 2.68 bits per heavy atom. The normalized spacial score (nSPS) is 49.2. The van der Waals surface area contributed by atoms with Crippen LogP contribution in [0.4, 0.5) is 0 Å². The Bertz CT molecular complexity index is 405. The van der Waals surface area contributed by atoms with Crippen LogP contribution in [0.15, 0.2) is 0 Å². The number of ether oxygens (including phenoxy) is 1. The van der Waals surface area contributed by atoms with Gasteiger partial charge < -0.3 is 9.84 Å². The fourth-order valence-corrected chi connectivity index (χ4v) is 4.85. The molecule has 3 fully saturated rings. The Morgan fingerprint density at radius 2 is 2.00 bits per heavy atom. The lowest BCUT2D eigenvalue weighted by atomic mass is 9.56. The molecule has 19 heavy (non-hydrogen) atoms. The zero-order valence-corrected chi connectivity index (χ0v) is 11.5. The highest BCUT2D eigenvalue weighted by Gasteiger charge is 2.57. The summed E-state index contributed by atoms with van der Waals surface area (Å²) < 4.78 is 5.32. The molecule has 2 saturated carbocycles. The van der Waals surface area contributed by atoms with E-state index in [1.807, 2.05) is 6.92 Å². The fourth-order valence-electron chi connectivity index (χ4n) is 4.85. The molecule has 1 saturated heterocycles. The number of esters is 1. The summed E-state index contributed by atoms with van der Waals surface area (Å²) >= 11 is 0. The van der Waals surface area contributed by atoms with Gasteiger partial charge >= 0.3 is 11.9 Å². The molecule has 1 N–H and O–H groups in total. The second kappa shape index (κ2) is 4.50. The number of carbonyl (C=O) groups is 2. The summed E-state index contributed by atoms with van der Waals surface area (Å²) in [5.74, 6) is -0.289. The average Bonchev–Trinajstić information content (AvgIpc) is 2.61. The summed E-state index contributed by atoms with van der Waals surface area (Å²) in [7, 11) is 0. The maximum absolute atomic E-state index is 11.9. The van der Waals surface area contributed by atoms with Crippen LogP contribution in [-0.2, 0) is 14.3 Å². The van der Waals surface area contributed by atoms with E-state index in [0.29, 0.717) is 11.8 Å². The molecule has 0 aromatic carbocycles. The first-order valence-corrected chi connectivity index (χ1v) is 7.42. The van der Waals surface area contributed by atoms with E-state index in [9.17, 15) is 14.7 Å².